The van der Waals surface area contributed by atoms with Gasteiger partial charge in [0.25, 0.3) is 5.56 Å². The van der Waals surface area contributed by atoms with Crippen LogP contribution in [-0.4, -0.2) is 27.2 Å². The number of nitrogens with zero attached hydrogens (tertiary/aromatic N) is 1. The summed E-state index contributed by atoms with van der Waals surface area (Å²) in [5, 5.41) is 27.4. The molecule has 2 atom stereocenters. The minimum atomic E-state index is -1.22. The Bertz CT molecular complexity index is 438. The summed E-state index contributed by atoms with van der Waals surface area (Å²) < 4.78 is 0. The monoisotopic (exact) mass is 228 g/mol. The SMILES string of the molecule is N#Cc1cc(C(O)C(O)CCl)c[nH]c1=O. The molecule has 0 saturated carbocycles. The van der Waals surface area contributed by atoms with Gasteiger partial charge in [0.2, 0.25) is 0 Å². The fourth-order valence-electron chi connectivity index (χ4n) is 1.06. The fraction of sp³-hybridized carbons (Fsp3) is 0.333. The van der Waals surface area contributed by atoms with Crippen LogP contribution >= 0.6 is 11.6 Å². The van der Waals surface area contributed by atoms with E-state index in [1.807, 2.05) is 0 Å². The molecule has 0 fully saturated rings. The maximum atomic E-state index is 11.0. The summed E-state index contributed by atoms with van der Waals surface area (Å²) in [6, 6.07) is 2.90. The van der Waals surface area contributed by atoms with E-state index in [0.29, 0.717) is 0 Å². The predicted molar refractivity (Wildman–Crippen MR) is 53.5 cm³/mol. The third kappa shape index (κ3) is 2.57. The number of aliphatic hydroxyl groups is 2. The number of pyridine rings is 1. The molecule has 0 saturated heterocycles. The Balaban J connectivity index is 3.07. The molecule has 3 N–H and O–H groups in total. The van der Waals surface area contributed by atoms with Crippen molar-refractivity contribution in [2.75, 3.05) is 5.88 Å². The lowest BCUT2D eigenvalue weighted by Gasteiger charge is -2.15. The Kier molecular flexibility index (Phi) is 3.86. The van der Waals surface area contributed by atoms with Crippen LogP contribution in [0.4, 0.5) is 0 Å². The van der Waals surface area contributed by atoms with Crippen molar-refractivity contribution in [3.8, 4) is 6.07 Å². The second kappa shape index (κ2) is 4.94. The largest absolute Gasteiger partial charge is 0.389 e. The predicted octanol–water partition coefficient (Wildman–Crippen LogP) is -0.120. The molecular formula is C9H9ClN2O3. The number of aliphatic hydroxyl groups excluding tert-OH is 2. The summed E-state index contributed by atoms with van der Waals surface area (Å²) in [6.45, 7) is 0. The summed E-state index contributed by atoms with van der Waals surface area (Å²) >= 11 is 5.35. The van der Waals surface area contributed by atoms with Gasteiger partial charge >= 0.3 is 0 Å². The van der Waals surface area contributed by atoms with Gasteiger partial charge in [-0.3, -0.25) is 4.79 Å². The first-order chi connectivity index (χ1) is 7.10. The van der Waals surface area contributed by atoms with Crippen LogP contribution in [0.5, 0.6) is 0 Å². The summed E-state index contributed by atoms with van der Waals surface area (Å²) in [4.78, 5) is 13.3. The molecule has 2 unspecified atom stereocenters. The van der Waals surface area contributed by atoms with Crippen LogP contribution in [0.15, 0.2) is 17.1 Å². The highest BCUT2D eigenvalue weighted by molar-refractivity contribution is 6.18. The highest BCUT2D eigenvalue weighted by Gasteiger charge is 2.18. The maximum absolute atomic E-state index is 11.0. The van der Waals surface area contributed by atoms with Crippen molar-refractivity contribution in [1.29, 1.82) is 5.26 Å². The number of H-pyrrole nitrogens is 1. The second-order valence-corrected chi connectivity index (χ2v) is 3.26. The van der Waals surface area contributed by atoms with Gasteiger partial charge in [0, 0.05) is 11.8 Å². The molecule has 6 heteroatoms. The van der Waals surface area contributed by atoms with Crippen molar-refractivity contribution in [3.05, 3.63) is 33.7 Å². The van der Waals surface area contributed by atoms with Gasteiger partial charge in [0.15, 0.2) is 0 Å². The molecule has 15 heavy (non-hydrogen) atoms. The Labute approximate surface area is 90.6 Å². The first kappa shape index (κ1) is 11.7. The molecule has 80 valence electrons. The average Bonchev–Trinajstić information content (AvgIpc) is 2.27. The molecule has 1 aromatic rings. The number of rotatable bonds is 3. The van der Waals surface area contributed by atoms with Crippen molar-refractivity contribution in [2.45, 2.75) is 12.2 Å². The molecule has 0 aromatic carbocycles. The van der Waals surface area contributed by atoms with E-state index in [0.717, 1.165) is 0 Å². The van der Waals surface area contributed by atoms with Gasteiger partial charge in [-0.1, -0.05) is 0 Å². The number of nitriles is 1. The van der Waals surface area contributed by atoms with E-state index in [-0.39, 0.29) is 17.0 Å². The lowest BCUT2D eigenvalue weighted by molar-refractivity contribution is 0.0325. The second-order valence-electron chi connectivity index (χ2n) is 2.95. The molecule has 1 rings (SSSR count). The first-order valence-electron chi connectivity index (χ1n) is 4.15. The summed E-state index contributed by atoms with van der Waals surface area (Å²) in [5.74, 6) is -0.137. The van der Waals surface area contributed by atoms with Crippen LogP contribution in [0.25, 0.3) is 0 Å². The molecule has 0 bridgehead atoms. The van der Waals surface area contributed by atoms with Crippen LogP contribution < -0.4 is 5.56 Å². The molecule has 0 radical (unpaired) electrons. The van der Waals surface area contributed by atoms with Crippen molar-refractivity contribution in [3.63, 3.8) is 0 Å². The first-order valence-corrected chi connectivity index (χ1v) is 4.68. The van der Waals surface area contributed by atoms with Crippen molar-refractivity contribution < 1.29 is 10.2 Å². The number of alkyl halides is 1. The van der Waals surface area contributed by atoms with Crippen LogP contribution in [0, 0.1) is 11.3 Å². The molecule has 0 aliphatic carbocycles. The van der Waals surface area contributed by atoms with E-state index in [9.17, 15) is 15.0 Å². The summed E-state index contributed by atoms with van der Waals surface area (Å²) in [5.41, 5.74) is -0.401. The minimum absolute atomic E-state index is 0.117. The summed E-state index contributed by atoms with van der Waals surface area (Å²) in [7, 11) is 0. The lowest BCUT2D eigenvalue weighted by atomic mass is 10.1. The van der Waals surface area contributed by atoms with E-state index in [1.165, 1.54) is 12.3 Å². The van der Waals surface area contributed by atoms with Crippen LogP contribution in [0.1, 0.15) is 17.2 Å². The number of aromatic nitrogens is 1. The van der Waals surface area contributed by atoms with Crippen molar-refractivity contribution in [2.24, 2.45) is 0 Å². The van der Waals surface area contributed by atoms with E-state index in [4.69, 9.17) is 16.9 Å². The van der Waals surface area contributed by atoms with Crippen LogP contribution in [0.2, 0.25) is 0 Å². The minimum Gasteiger partial charge on any atom is -0.389 e. The van der Waals surface area contributed by atoms with Gasteiger partial charge in [-0.25, -0.2) is 0 Å². The molecule has 0 amide bonds. The van der Waals surface area contributed by atoms with E-state index < -0.39 is 17.8 Å². The van der Waals surface area contributed by atoms with Crippen molar-refractivity contribution >= 4 is 11.6 Å². The quantitative estimate of drug-likeness (QED) is 0.629. The van der Waals surface area contributed by atoms with Crippen LogP contribution in [-0.2, 0) is 0 Å². The number of halogens is 1. The third-order valence-corrected chi connectivity index (χ3v) is 2.23. The normalized spacial score (nSPS) is 14.3. The van der Waals surface area contributed by atoms with Gasteiger partial charge in [0.1, 0.15) is 17.7 Å². The van der Waals surface area contributed by atoms with Gasteiger partial charge in [0.05, 0.1) is 12.0 Å². The Morgan fingerprint density at radius 3 is 2.80 bits per heavy atom. The van der Waals surface area contributed by atoms with Gasteiger partial charge in [-0.15, -0.1) is 11.6 Å². The van der Waals surface area contributed by atoms with Crippen LogP contribution in [0.3, 0.4) is 0 Å². The number of nitrogens with one attached hydrogen (secondary N) is 1. The van der Waals surface area contributed by atoms with E-state index in [2.05, 4.69) is 4.98 Å². The van der Waals surface area contributed by atoms with Crippen molar-refractivity contribution in [1.82, 2.24) is 4.98 Å². The summed E-state index contributed by atoms with van der Waals surface area (Å²) in [6.07, 6.45) is -1.11. The Hall–Kier alpha value is -1.35. The standard InChI is InChI=1S/C9H9ClN2O3/c10-2-7(13)8(14)6-1-5(3-11)9(15)12-4-6/h1,4,7-8,13-14H,2H2,(H,12,15). The highest BCUT2D eigenvalue weighted by Crippen LogP contribution is 2.16. The zero-order chi connectivity index (χ0) is 11.4. The molecule has 0 aliphatic rings. The number of hydrogen-bond acceptors (Lipinski definition) is 4. The molecule has 1 heterocycles. The third-order valence-electron chi connectivity index (χ3n) is 1.91. The topological polar surface area (TPSA) is 97.1 Å². The molecule has 0 spiro atoms. The lowest BCUT2D eigenvalue weighted by Crippen LogP contribution is -2.21. The molecule has 0 aliphatic heterocycles. The number of aromatic amines is 1. The zero-order valence-electron chi connectivity index (χ0n) is 7.64. The van der Waals surface area contributed by atoms with Gasteiger partial charge in [-0.05, 0) is 6.07 Å². The maximum Gasteiger partial charge on any atom is 0.265 e. The number of hydrogen-bond donors (Lipinski definition) is 3. The average molecular weight is 229 g/mol. The molecular weight excluding hydrogens is 220 g/mol. The molecule has 5 nitrogen and oxygen atoms in total. The Morgan fingerprint density at radius 1 is 1.60 bits per heavy atom. The fourth-order valence-corrected chi connectivity index (χ4v) is 1.23. The van der Waals surface area contributed by atoms with Gasteiger partial charge in [-0.2, -0.15) is 5.26 Å². The van der Waals surface area contributed by atoms with E-state index in [1.54, 1.807) is 6.07 Å². The zero-order valence-corrected chi connectivity index (χ0v) is 8.40. The van der Waals surface area contributed by atoms with E-state index >= 15 is 0 Å². The highest BCUT2D eigenvalue weighted by atomic mass is 35.5. The Morgan fingerprint density at radius 2 is 2.27 bits per heavy atom. The smallest absolute Gasteiger partial charge is 0.265 e. The molecule has 1 aromatic heterocycles. The van der Waals surface area contributed by atoms with Gasteiger partial charge < -0.3 is 15.2 Å².